The van der Waals surface area contributed by atoms with Gasteiger partial charge >= 0.3 is 0 Å². The lowest BCUT2D eigenvalue weighted by atomic mass is 9.95. The molecular weight excluding hydrogens is 432 g/mol. The summed E-state index contributed by atoms with van der Waals surface area (Å²) in [6, 6.07) is 13.5. The van der Waals surface area contributed by atoms with E-state index in [0.29, 0.717) is 30.2 Å². The lowest BCUT2D eigenvalue weighted by Gasteiger charge is -2.27. The number of methoxy groups -OCH3 is 1. The minimum Gasteiger partial charge on any atom is -0.507 e. The van der Waals surface area contributed by atoms with E-state index < -0.39 is 17.7 Å². The highest BCUT2D eigenvalue weighted by molar-refractivity contribution is 6.46. The van der Waals surface area contributed by atoms with Crippen molar-refractivity contribution in [1.82, 2.24) is 9.80 Å². The molecule has 2 aliphatic heterocycles. The maximum Gasteiger partial charge on any atom is 0.295 e. The number of aliphatic hydroxyl groups excluding tert-OH is 1. The number of amides is 1. The van der Waals surface area contributed by atoms with Gasteiger partial charge in [0.1, 0.15) is 17.3 Å². The Morgan fingerprint density at radius 2 is 1.59 bits per heavy atom. The van der Waals surface area contributed by atoms with Gasteiger partial charge in [-0.25, -0.2) is 0 Å². The maximum absolute atomic E-state index is 13.2. The molecular formula is C27H32N2O5. The van der Waals surface area contributed by atoms with Crippen LogP contribution in [-0.4, -0.2) is 66.0 Å². The van der Waals surface area contributed by atoms with E-state index in [-0.39, 0.29) is 17.4 Å². The molecule has 0 saturated carbocycles. The molecule has 2 aromatic carbocycles. The Kier molecular flexibility index (Phi) is 7.22. The summed E-state index contributed by atoms with van der Waals surface area (Å²) < 4.78 is 10.9. The number of ether oxygens (including phenoxy) is 2. The lowest BCUT2D eigenvalue weighted by molar-refractivity contribution is -0.140. The van der Waals surface area contributed by atoms with Crippen molar-refractivity contribution >= 4 is 17.4 Å². The van der Waals surface area contributed by atoms with Crippen molar-refractivity contribution in [2.75, 3.05) is 33.3 Å². The quantitative estimate of drug-likeness (QED) is 0.361. The molecule has 2 fully saturated rings. The van der Waals surface area contributed by atoms with Crippen molar-refractivity contribution in [3.8, 4) is 11.5 Å². The topological polar surface area (TPSA) is 79.3 Å². The number of ketones is 1. The molecule has 4 rings (SSSR count). The molecule has 1 atom stereocenters. The van der Waals surface area contributed by atoms with Crippen LogP contribution >= 0.6 is 0 Å². The fraction of sp³-hybridized carbons (Fsp3) is 0.407. The number of carbonyl (C=O) groups is 2. The van der Waals surface area contributed by atoms with Crippen molar-refractivity contribution in [2.45, 2.75) is 38.8 Å². The Bertz CT molecular complexity index is 1050. The van der Waals surface area contributed by atoms with Crippen LogP contribution in [-0.2, 0) is 9.59 Å². The number of nitrogens with zero attached hydrogens (tertiary/aromatic N) is 2. The average molecular weight is 465 g/mol. The molecule has 180 valence electrons. The van der Waals surface area contributed by atoms with Gasteiger partial charge in [0, 0.05) is 18.7 Å². The van der Waals surface area contributed by atoms with Gasteiger partial charge in [0.05, 0.1) is 24.8 Å². The summed E-state index contributed by atoms with van der Waals surface area (Å²) in [5.41, 5.74) is 1.32. The fourth-order valence-electron chi connectivity index (χ4n) is 4.62. The lowest BCUT2D eigenvalue weighted by Crippen LogP contribution is -2.37. The van der Waals surface area contributed by atoms with Gasteiger partial charge in [-0.05, 0) is 81.7 Å². The third kappa shape index (κ3) is 4.94. The predicted molar refractivity (Wildman–Crippen MR) is 130 cm³/mol. The second kappa shape index (κ2) is 10.3. The predicted octanol–water partition coefficient (Wildman–Crippen LogP) is 4.00. The molecule has 1 N–H and O–H groups in total. The molecule has 7 nitrogen and oxygen atoms in total. The van der Waals surface area contributed by atoms with E-state index in [2.05, 4.69) is 4.90 Å². The smallest absolute Gasteiger partial charge is 0.295 e. The third-order valence-electron chi connectivity index (χ3n) is 6.33. The van der Waals surface area contributed by atoms with Gasteiger partial charge in [0.2, 0.25) is 0 Å². The van der Waals surface area contributed by atoms with Crippen LogP contribution in [0.15, 0.2) is 54.1 Å². The number of Topliss-reactive ketones (excluding diaryl/α,β-unsaturated/α-hetero) is 1. The molecule has 0 aromatic heterocycles. The summed E-state index contributed by atoms with van der Waals surface area (Å²) in [6.07, 6.45) is 2.33. The normalized spacial score (nSPS) is 20.4. The Morgan fingerprint density at radius 3 is 2.18 bits per heavy atom. The molecule has 0 radical (unpaired) electrons. The van der Waals surface area contributed by atoms with Crippen LogP contribution in [0.4, 0.5) is 0 Å². The summed E-state index contributed by atoms with van der Waals surface area (Å²) >= 11 is 0. The van der Waals surface area contributed by atoms with E-state index in [1.54, 1.807) is 36.3 Å². The number of aliphatic hydroxyl groups is 1. The molecule has 2 saturated heterocycles. The van der Waals surface area contributed by atoms with Crippen molar-refractivity contribution in [2.24, 2.45) is 0 Å². The van der Waals surface area contributed by atoms with Crippen LogP contribution < -0.4 is 9.47 Å². The largest absolute Gasteiger partial charge is 0.507 e. The van der Waals surface area contributed by atoms with Crippen LogP contribution in [0.1, 0.15) is 43.9 Å². The zero-order chi connectivity index (χ0) is 24.2. The molecule has 2 aromatic rings. The van der Waals surface area contributed by atoms with Crippen LogP contribution in [0.25, 0.3) is 5.76 Å². The molecule has 2 aliphatic rings. The highest BCUT2D eigenvalue weighted by atomic mass is 16.5. The summed E-state index contributed by atoms with van der Waals surface area (Å²) in [6.45, 7) is 7.02. The zero-order valence-electron chi connectivity index (χ0n) is 20.0. The van der Waals surface area contributed by atoms with Gasteiger partial charge < -0.3 is 24.4 Å². The number of benzene rings is 2. The summed E-state index contributed by atoms with van der Waals surface area (Å²) in [7, 11) is 1.56. The molecule has 34 heavy (non-hydrogen) atoms. The van der Waals surface area contributed by atoms with Crippen molar-refractivity contribution < 1.29 is 24.2 Å². The average Bonchev–Trinajstić information content (AvgIpc) is 3.44. The van der Waals surface area contributed by atoms with Gasteiger partial charge in [-0.2, -0.15) is 0 Å². The van der Waals surface area contributed by atoms with Gasteiger partial charge in [-0.1, -0.05) is 12.1 Å². The van der Waals surface area contributed by atoms with Gasteiger partial charge in [0.15, 0.2) is 0 Å². The van der Waals surface area contributed by atoms with Crippen LogP contribution in [0.2, 0.25) is 0 Å². The Balaban J connectivity index is 1.72. The molecule has 0 spiro atoms. The van der Waals surface area contributed by atoms with Gasteiger partial charge in [0.25, 0.3) is 11.7 Å². The second-order valence-corrected chi connectivity index (χ2v) is 9.01. The highest BCUT2D eigenvalue weighted by Gasteiger charge is 2.46. The van der Waals surface area contributed by atoms with Gasteiger partial charge in [-0.15, -0.1) is 0 Å². The van der Waals surface area contributed by atoms with E-state index >= 15 is 0 Å². The van der Waals surface area contributed by atoms with E-state index in [1.165, 1.54) is 0 Å². The first kappa shape index (κ1) is 23.8. The summed E-state index contributed by atoms with van der Waals surface area (Å²) in [5.74, 6) is -0.0796. The standard InChI is InChI=1S/C27H32N2O5/c1-18(2)34-22-12-6-19(7-13-22)24-23(25(30)20-8-10-21(33-3)11-9-20)26(31)27(32)29(24)17-16-28-14-4-5-15-28/h6-13,18,24,30H,4-5,14-17H2,1-3H3/b25-23+. The molecule has 0 bridgehead atoms. The van der Waals surface area contributed by atoms with Crippen LogP contribution in [0.5, 0.6) is 11.5 Å². The van der Waals surface area contributed by atoms with Crippen molar-refractivity contribution in [3.63, 3.8) is 0 Å². The first-order valence-electron chi connectivity index (χ1n) is 11.8. The van der Waals surface area contributed by atoms with Gasteiger partial charge in [-0.3, -0.25) is 9.59 Å². The summed E-state index contributed by atoms with van der Waals surface area (Å²) in [5, 5.41) is 11.2. The number of rotatable bonds is 8. The Morgan fingerprint density at radius 1 is 0.971 bits per heavy atom. The van der Waals surface area contributed by atoms with Crippen LogP contribution in [0, 0.1) is 0 Å². The van der Waals surface area contributed by atoms with E-state index in [1.807, 2.05) is 38.1 Å². The molecule has 1 amide bonds. The molecule has 0 aliphatic carbocycles. The van der Waals surface area contributed by atoms with Crippen LogP contribution in [0.3, 0.4) is 0 Å². The molecule has 2 heterocycles. The molecule has 7 heteroatoms. The Labute approximate surface area is 200 Å². The number of carbonyl (C=O) groups excluding carboxylic acids is 2. The first-order chi connectivity index (χ1) is 16.4. The minimum absolute atomic E-state index is 0.0343. The SMILES string of the molecule is COc1ccc(/C(O)=C2\C(=O)C(=O)N(CCN3CCCC3)C2c2ccc(OC(C)C)cc2)cc1. The van der Waals surface area contributed by atoms with E-state index in [0.717, 1.165) is 31.5 Å². The fourth-order valence-corrected chi connectivity index (χ4v) is 4.62. The first-order valence-corrected chi connectivity index (χ1v) is 11.8. The summed E-state index contributed by atoms with van der Waals surface area (Å²) in [4.78, 5) is 30.2. The second-order valence-electron chi connectivity index (χ2n) is 9.01. The molecule has 1 unspecified atom stereocenters. The third-order valence-corrected chi connectivity index (χ3v) is 6.33. The van der Waals surface area contributed by atoms with E-state index in [4.69, 9.17) is 9.47 Å². The Hall–Kier alpha value is -3.32. The maximum atomic E-state index is 13.2. The highest BCUT2D eigenvalue weighted by Crippen LogP contribution is 2.40. The zero-order valence-corrected chi connectivity index (χ0v) is 20.0. The minimum atomic E-state index is -0.669. The number of hydrogen-bond donors (Lipinski definition) is 1. The van der Waals surface area contributed by atoms with E-state index in [9.17, 15) is 14.7 Å². The van der Waals surface area contributed by atoms with Crippen molar-refractivity contribution in [3.05, 3.63) is 65.2 Å². The van der Waals surface area contributed by atoms with Crippen molar-refractivity contribution in [1.29, 1.82) is 0 Å². The monoisotopic (exact) mass is 464 g/mol. The number of likely N-dealkylation sites (tertiary alicyclic amines) is 2. The number of hydrogen-bond acceptors (Lipinski definition) is 6.